The van der Waals surface area contributed by atoms with Crippen LogP contribution >= 0.6 is 23.2 Å². The minimum absolute atomic E-state index is 0.162. The summed E-state index contributed by atoms with van der Waals surface area (Å²) in [6, 6.07) is 11.3. The fourth-order valence-electron chi connectivity index (χ4n) is 3.79. The highest BCUT2D eigenvalue weighted by atomic mass is 35.5. The molecule has 1 aliphatic heterocycles. The normalized spacial score (nSPS) is 18.3. The molecule has 2 atom stereocenters. The van der Waals surface area contributed by atoms with Gasteiger partial charge in [0, 0.05) is 29.8 Å². The number of rotatable bonds is 4. The number of hydrogen-bond acceptors (Lipinski definition) is 4. The minimum Gasteiger partial charge on any atom is -0.370 e. The highest BCUT2D eigenvalue weighted by Gasteiger charge is 2.21. The van der Waals surface area contributed by atoms with Crippen LogP contribution in [-0.4, -0.2) is 35.0 Å². The summed E-state index contributed by atoms with van der Waals surface area (Å²) in [4.78, 5) is 22.7. The topological polar surface area (TPSA) is 87.0 Å². The van der Waals surface area contributed by atoms with Gasteiger partial charge in [-0.2, -0.15) is 0 Å². The molecule has 0 saturated carbocycles. The number of hydrogen-bond donors (Lipinski definition) is 3. The third-order valence-electron chi connectivity index (χ3n) is 5.59. The van der Waals surface area contributed by atoms with Crippen molar-refractivity contribution in [2.75, 3.05) is 23.3 Å². The number of aromatic nitrogens is 2. The number of nitrogens with zero attached hydrogens (tertiary/aromatic N) is 2. The van der Waals surface area contributed by atoms with Crippen molar-refractivity contribution in [3.8, 4) is 0 Å². The van der Waals surface area contributed by atoms with Crippen molar-refractivity contribution in [3.05, 3.63) is 52.3 Å². The summed E-state index contributed by atoms with van der Waals surface area (Å²) < 4.78 is 0. The van der Waals surface area contributed by atoms with Gasteiger partial charge in [-0.15, -0.1) is 0 Å². The molecule has 2 aromatic carbocycles. The molecule has 2 unspecified atom stereocenters. The molecular formula is C22H25Cl2N5O. The first-order valence-corrected chi connectivity index (χ1v) is 10.9. The Balaban J connectivity index is 1.46. The third-order valence-corrected chi connectivity index (χ3v) is 6.13. The predicted molar refractivity (Wildman–Crippen MR) is 124 cm³/mol. The Morgan fingerprint density at radius 3 is 2.87 bits per heavy atom. The van der Waals surface area contributed by atoms with Crippen LogP contribution in [0, 0.1) is 0 Å². The number of H-pyrrole nitrogens is 1. The van der Waals surface area contributed by atoms with Crippen LogP contribution in [0.4, 0.5) is 11.4 Å². The SMILES string of the molecule is CC(C(=O)Nc1ccc(N2CCCC(N)CC2)c(Cl)c1)c1nc2ccc(Cl)cc2[nH]1. The molecular weight excluding hydrogens is 421 g/mol. The lowest BCUT2D eigenvalue weighted by Crippen LogP contribution is -2.26. The van der Waals surface area contributed by atoms with E-state index in [1.807, 2.05) is 25.1 Å². The molecule has 8 heteroatoms. The Morgan fingerprint density at radius 2 is 2.07 bits per heavy atom. The Kier molecular flexibility index (Phi) is 6.18. The molecule has 0 spiro atoms. The summed E-state index contributed by atoms with van der Waals surface area (Å²) >= 11 is 12.6. The number of imidazole rings is 1. The van der Waals surface area contributed by atoms with E-state index in [1.54, 1.807) is 18.2 Å². The lowest BCUT2D eigenvalue weighted by atomic mass is 10.1. The number of nitrogens with two attached hydrogens (primary N) is 1. The summed E-state index contributed by atoms with van der Waals surface area (Å²) in [6.07, 6.45) is 3.04. The lowest BCUT2D eigenvalue weighted by Gasteiger charge is -2.24. The molecule has 2 heterocycles. The molecule has 4 rings (SSSR count). The number of anilines is 2. The molecule has 6 nitrogen and oxygen atoms in total. The standard InChI is InChI=1S/C22H25Cl2N5O/c1-13(21-27-18-6-4-14(23)11-19(18)28-21)22(30)26-16-5-7-20(17(24)12-16)29-9-2-3-15(25)8-10-29/h4-7,11-13,15H,2-3,8-10,25H2,1H3,(H,26,30)(H,27,28). The number of carbonyl (C=O) groups excluding carboxylic acids is 1. The van der Waals surface area contributed by atoms with Gasteiger partial charge in [-0.1, -0.05) is 23.2 Å². The zero-order chi connectivity index (χ0) is 21.3. The number of carbonyl (C=O) groups is 1. The van der Waals surface area contributed by atoms with Gasteiger partial charge in [-0.05, 0) is 62.6 Å². The van der Waals surface area contributed by atoms with Crippen LogP contribution in [0.1, 0.15) is 37.9 Å². The number of nitrogens with one attached hydrogen (secondary N) is 2. The summed E-state index contributed by atoms with van der Waals surface area (Å²) in [5.41, 5.74) is 9.30. The van der Waals surface area contributed by atoms with Crippen LogP contribution in [0.15, 0.2) is 36.4 Å². The van der Waals surface area contributed by atoms with Gasteiger partial charge in [0.05, 0.1) is 27.7 Å². The third kappa shape index (κ3) is 4.56. The Bertz CT molecular complexity index is 1070. The first-order valence-electron chi connectivity index (χ1n) is 10.2. The zero-order valence-electron chi connectivity index (χ0n) is 16.8. The van der Waals surface area contributed by atoms with Crippen molar-refractivity contribution in [2.45, 2.75) is 38.1 Å². The average molecular weight is 446 g/mol. The van der Waals surface area contributed by atoms with Gasteiger partial charge < -0.3 is 20.9 Å². The molecule has 1 aliphatic rings. The highest BCUT2D eigenvalue weighted by Crippen LogP contribution is 2.31. The molecule has 0 aliphatic carbocycles. The summed E-state index contributed by atoms with van der Waals surface area (Å²) in [7, 11) is 0. The number of aromatic amines is 1. The molecule has 1 amide bonds. The van der Waals surface area contributed by atoms with Crippen molar-refractivity contribution < 1.29 is 4.79 Å². The Morgan fingerprint density at radius 1 is 1.23 bits per heavy atom. The Labute approximate surface area is 185 Å². The lowest BCUT2D eigenvalue weighted by molar-refractivity contribution is -0.117. The first kappa shape index (κ1) is 21.0. The van der Waals surface area contributed by atoms with E-state index in [9.17, 15) is 4.79 Å². The van der Waals surface area contributed by atoms with Crippen LogP contribution in [0.25, 0.3) is 11.0 Å². The van der Waals surface area contributed by atoms with Gasteiger partial charge in [0.15, 0.2) is 0 Å². The second kappa shape index (κ2) is 8.84. The number of fused-ring (bicyclic) bond motifs is 1. The number of halogens is 2. The van der Waals surface area contributed by atoms with Gasteiger partial charge in [-0.3, -0.25) is 4.79 Å². The van der Waals surface area contributed by atoms with E-state index in [0.717, 1.165) is 49.1 Å². The van der Waals surface area contributed by atoms with E-state index in [1.165, 1.54) is 0 Å². The molecule has 0 bridgehead atoms. The molecule has 1 aromatic heterocycles. The second-order valence-electron chi connectivity index (χ2n) is 7.84. The first-order chi connectivity index (χ1) is 14.4. The molecule has 3 aromatic rings. The summed E-state index contributed by atoms with van der Waals surface area (Å²) in [5, 5.41) is 4.18. The largest absolute Gasteiger partial charge is 0.370 e. The highest BCUT2D eigenvalue weighted by molar-refractivity contribution is 6.33. The van der Waals surface area contributed by atoms with E-state index < -0.39 is 5.92 Å². The van der Waals surface area contributed by atoms with Crippen LogP contribution in [0.2, 0.25) is 10.0 Å². The Hall–Kier alpha value is -2.28. The molecule has 1 saturated heterocycles. The molecule has 4 N–H and O–H groups in total. The van der Waals surface area contributed by atoms with Gasteiger partial charge in [0.2, 0.25) is 5.91 Å². The van der Waals surface area contributed by atoms with Gasteiger partial charge in [0.25, 0.3) is 0 Å². The van der Waals surface area contributed by atoms with Gasteiger partial charge >= 0.3 is 0 Å². The number of benzene rings is 2. The average Bonchev–Trinajstić information content (AvgIpc) is 3.01. The predicted octanol–water partition coefficient (Wildman–Crippen LogP) is 4.93. The van der Waals surface area contributed by atoms with E-state index >= 15 is 0 Å². The maximum Gasteiger partial charge on any atom is 0.234 e. The summed E-state index contributed by atoms with van der Waals surface area (Å²) in [6.45, 7) is 3.64. The van der Waals surface area contributed by atoms with Crippen LogP contribution in [-0.2, 0) is 4.79 Å². The number of amides is 1. The van der Waals surface area contributed by atoms with Crippen molar-refractivity contribution in [2.24, 2.45) is 5.73 Å². The molecule has 30 heavy (non-hydrogen) atoms. The van der Waals surface area contributed by atoms with E-state index in [2.05, 4.69) is 20.2 Å². The maximum atomic E-state index is 12.8. The summed E-state index contributed by atoms with van der Waals surface area (Å²) in [5.74, 6) is -0.0279. The molecule has 158 valence electrons. The van der Waals surface area contributed by atoms with Crippen LogP contribution in [0.5, 0.6) is 0 Å². The fraction of sp³-hybridized carbons (Fsp3) is 0.364. The maximum absolute atomic E-state index is 12.8. The zero-order valence-corrected chi connectivity index (χ0v) is 18.3. The van der Waals surface area contributed by atoms with E-state index in [-0.39, 0.29) is 11.9 Å². The second-order valence-corrected chi connectivity index (χ2v) is 8.68. The quantitative estimate of drug-likeness (QED) is 0.531. The molecule has 0 radical (unpaired) electrons. The van der Waals surface area contributed by atoms with Crippen molar-refractivity contribution >= 4 is 51.5 Å². The minimum atomic E-state index is -0.457. The van der Waals surface area contributed by atoms with Crippen molar-refractivity contribution in [1.82, 2.24) is 9.97 Å². The van der Waals surface area contributed by atoms with Crippen LogP contribution < -0.4 is 16.0 Å². The fourth-order valence-corrected chi connectivity index (χ4v) is 4.26. The van der Waals surface area contributed by atoms with Crippen LogP contribution in [0.3, 0.4) is 0 Å². The monoisotopic (exact) mass is 445 g/mol. The molecule has 1 fully saturated rings. The van der Waals surface area contributed by atoms with Crippen molar-refractivity contribution in [3.63, 3.8) is 0 Å². The van der Waals surface area contributed by atoms with E-state index in [4.69, 9.17) is 28.9 Å². The van der Waals surface area contributed by atoms with E-state index in [0.29, 0.717) is 21.6 Å². The van der Waals surface area contributed by atoms with Crippen molar-refractivity contribution in [1.29, 1.82) is 0 Å². The smallest absolute Gasteiger partial charge is 0.234 e. The van der Waals surface area contributed by atoms with Gasteiger partial charge in [-0.25, -0.2) is 4.98 Å². The van der Waals surface area contributed by atoms with Gasteiger partial charge in [0.1, 0.15) is 5.82 Å².